The molecule has 138 valence electrons. The third-order valence-electron chi connectivity index (χ3n) is 4.04. The van der Waals surface area contributed by atoms with Crippen LogP contribution in [0.3, 0.4) is 0 Å². The minimum absolute atomic E-state index is 0.112. The minimum atomic E-state index is -3.54. The molecule has 2 heterocycles. The molecular formula is C19H21NO4S2. The predicted molar refractivity (Wildman–Crippen MR) is 103 cm³/mol. The first kappa shape index (κ1) is 19.0. The standard InChI is InChI=1S/C19H21NO4S2/c1-14-12-20(13-15(2)24-14)26(22,23)19-11-9-17(25-19)8-10-18(21)16-6-4-3-5-7-16/h3-11,14-15H,12-13H2,1-2H3/b10-8+/t14-,15-/m0/s1. The van der Waals surface area contributed by atoms with E-state index in [2.05, 4.69) is 0 Å². The van der Waals surface area contributed by atoms with Crippen molar-refractivity contribution in [2.75, 3.05) is 13.1 Å². The summed E-state index contributed by atoms with van der Waals surface area (Å²) in [5, 5.41) is 0. The van der Waals surface area contributed by atoms with Crippen LogP contribution in [0.5, 0.6) is 0 Å². The molecule has 0 saturated carbocycles. The van der Waals surface area contributed by atoms with E-state index >= 15 is 0 Å². The number of carbonyl (C=O) groups is 1. The predicted octanol–water partition coefficient (Wildman–Crippen LogP) is 3.44. The molecule has 26 heavy (non-hydrogen) atoms. The van der Waals surface area contributed by atoms with Gasteiger partial charge in [-0.3, -0.25) is 4.79 Å². The topological polar surface area (TPSA) is 63.7 Å². The molecular weight excluding hydrogens is 370 g/mol. The third-order valence-corrected chi connectivity index (χ3v) is 7.39. The summed E-state index contributed by atoms with van der Waals surface area (Å²) >= 11 is 1.16. The van der Waals surface area contributed by atoms with Crippen LogP contribution in [-0.2, 0) is 14.8 Å². The number of hydrogen-bond donors (Lipinski definition) is 0. The number of morpholine rings is 1. The average Bonchev–Trinajstić information content (AvgIpc) is 3.09. The minimum Gasteiger partial charge on any atom is -0.373 e. The van der Waals surface area contributed by atoms with Crippen LogP contribution in [0.15, 0.2) is 52.7 Å². The van der Waals surface area contributed by atoms with E-state index < -0.39 is 10.0 Å². The van der Waals surface area contributed by atoms with Crippen molar-refractivity contribution in [3.63, 3.8) is 0 Å². The lowest BCUT2D eigenvalue weighted by Gasteiger charge is -2.34. The Balaban J connectivity index is 1.75. The van der Waals surface area contributed by atoms with Crippen molar-refractivity contribution >= 4 is 33.2 Å². The molecule has 1 saturated heterocycles. The Kier molecular flexibility index (Phi) is 5.72. The van der Waals surface area contributed by atoms with E-state index in [1.165, 1.54) is 10.4 Å². The second-order valence-electron chi connectivity index (χ2n) is 6.30. The van der Waals surface area contributed by atoms with Crippen molar-refractivity contribution in [3.8, 4) is 0 Å². The summed E-state index contributed by atoms with van der Waals surface area (Å²) in [6, 6.07) is 12.3. The molecule has 7 heteroatoms. The number of carbonyl (C=O) groups excluding carboxylic acids is 1. The zero-order valence-electron chi connectivity index (χ0n) is 14.7. The van der Waals surface area contributed by atoms with Gasteiger partial charge in [-0.2, -0.15) is 4.31 Å². The lowest BCUT2D eigenvalue weighted by Crippen LogP contribution is -2.47. The SMILES string of the molecule is C[C@H]1CN(S(=O)(=O)c2ccc(/C=C/C(=O)c3ccccc3)s2)C[C@H](C)O1. The summed E-state index contributed by atoms with van der Waals surface area (Å²) in [5.74, 6) is -0.112. The first-order valence-electron chi connectivity index (χ1n) is 8.39. The second kappa shape index (κ2) is 7.84. The summed E-state index contributed by atoms with van der Waals surface area (Å²) in [6.45, 7) is 4.44. The number of hydrogen-bond acceptors (Lipinski definition) is 5. The highest BCUT2D eigenvalue weighted by molar-refractivity contribution is 7.91. The van der Waals surface area contributed by atoms with Crippen LogP contribution >= 0.6 is 11.3 Å². The Morgan fingerprint density at radius 2 is 1.77 bits per heavy atom. The first-order chi connectivity index (χ1) is 12.4. The van der Waals surface area contributed by atoms with Gasteiger partial charge in [0.1, 0.15) is 4.21 Å². The maximum Gasteiger partial charge on any atom is 0.252 e. The zero-order chi connectivity index (χ0) is 18.7. The fourth-order valence-corrected chi connectivity index (χ4v) is 5.85. The quantitative estimate of drug-likeness (QED) is 0.579. The molecule has 1 fully saturated rings. The van der Waals surface area contributed by atoms with Crippen LogP contribution in [0.25, 0.3) is 6.08 Å². The van der Waals surface area contributed by atoms with Gasteiger partial charge < -0.3 is 4.74 Å². The molecule has 2 atom stereocenters. The smallest absolute Gasteiger partial charge is 0.252 e. The van der Waals surface area contributed by atoms with Crippen molar-refractivity contribution in [1.29, 1.82) is 0 Å². The van der Waals surface area contributed by atoms with Gasteiger partial charge in [-0.15, -0.1) is 11.3 Å². The number of nitrogens with zero attached hydrogens (tertiary/aromatic N) is 1. The molecule has 0 radical (unpaired) electrons. The van der Waals surface area contributed by atoms with Gasteiger partial charge in [-0.1, -0.05) is 30.3 Å². The van der Waals surface area contributed by atoms with Crippen LogP contribution < -0.4 is 0 Å². The van der Waals surface area contributed by atoms with Gasteiger partial charge in [0.25, 0.3) is 10.0 Å². The Bertz CT molecular complexity index is 893. The summed E-state index contributed by atoms with van der Waals surface area (Å²) in [6.07, 6.45) is 2.87. The highest BCUT2D eigenvalue weighted by Gasteiger charge is 2.32. The summed E-state index contributed by atoms with van der Waals surface area (Å²) in [7, 11) is -3.54. The van der Waals surface area contributed by atoms with Gasteiger partial charge in [0.2, 0.25) is 0 Å². The van der Waals surface area contributed by atoms with E-state index in [0.717, 1.165) is 16.2 Å². The van der Waals surface area contributed by atoms with E-state index in [1.54, 1.807) is 42.5 Å². The van der Waals surface area contributed by atoms with Crippen LogP contribution in [-0.4, -0.2) is 43.8 Å². The molecule has 1 aromatic heterocycles. The van der Waals surface area contributed by atoms with E-state index in [0.29, 0.717) is 18.7 Å². The number of sulfonamides is 1. The third kappa shape index (κ3) is 4.29. The molecule has 0 amide bonds. The van der Waals surface area contributed by atoms with E-state index in [9.17, 15) is 13.2 Å². The number of rotatable bonds is 5. The molecule has 5 nitrogen and oxygen atoms in total. The zero-order valence-corrected chi connectivity index (χ0v) is 16.3. The molecule has 3 rings (SSSR count). The molecule has 2 aromatic rings. The van der Waals surface area contributed by atoms with Crippen molar-refractivity contribution in [2.24, 2.45) is 0 Å². The van der Waals surface area contributed by atoms with Crippen molar-refractivity contribution in [1.82, 2.24) is 4.31 Å². The summed E-state index contributed by atoms with van der Waals surface area (Å²) < 4.78 is 33.0. The maximum absolute atomic E-state index is 12.8. The number of allylic oxidation sites excluding steroid dienone is 1. The fraction of sp³-hybridized carbons (Fsp3) is 0.316. The second-order valence-corrected chi connectivity index (χ2v) is 9.58. The van der Waals surface area contributed by atoms with Crippen molar-refractivity contribution in [2.45, 2.75) is 30.3 Å². The van der Waals surface area contributed by atoms with Gasteiger partial charge in [0.15, 0.2) is 5.78 Å². The van der Waals surface area contributed by atoms with Gasteiger partial charge >= 0.3 is 0 Å². The molecule has 0 N–H and O–H groups in total. The van der Waals surface area contributed by atoms with Crippen LogP contribution in [0.1, 0.15) is 29.1 Å². The number of thiophene rings is 1. The number of benzene rings is 1. The summed E-state index contributed by atoms with van der Waals surface area (Å²) in [5.41, 5.74) is 0.601. The molecule has 0 bridgehead atoms. The Morgan fingerprint density at radius 1 is 1.12 bits per heavy atom. The molecule has 1 aromatic carbocycles. The van der Waals surface area contributed by atoms with Crippen LogP contribution in [0, 0.1) is 0 Å². The van der Waals surface area contributed by atoms with Crippen LogP contribution in [0.2, 0.25) is 0 Å². The fourth-order valence-electron chi connectivity index (χ4n) is 2.87. The average molecular weight is 392 g/mol. The van der Waals surface area contributed by atoms with E-state index in [4.69, 9.17) is 4.74 Å². The molecule has 0 unspecified atom stereocenters. The van der Waals surface area contributed by atoms with Gasteiger partial charge in [-0.25, -0.2) is 8.42 Å². The highest BCUT2D eigenvalue weighted by atomic mass is 32.2. The maximum atomic E-state index is 12.8. The van der Waals surface area contributed by atoms with Crippen molar-refractivity contribution < 1.29 is 17.9 Å². The Morgan fingerprint density at radius 3 is 2.42 bits per heavy atom. The van der Waals surface area contributed by atoms with Gasteiger partial charge in [0.05, 0.1) is 12.2 Å². The molecule has 1 aliphatic heterocycles. The van der Waals surface area contributed by atoms with Gasteiger partial charge in [-0.05, 0) is 38.1 Å². The molecule has 0 spiro atoms. The Hall–Kier alpha value is -1.80. The molecule has 0 aliphatic carbocycles. The first-order valence-corrected chi connectivity index (χ1v) is 10.6. The number of ether oxygens (including phenoxy) is 1. The highest BCUT2D eigenvalue weighted by Crippen LogP contribution is 2.28. The molecule has 1 aliphatic rings. The number of ketones is 1. The van der Waals surface area contributed by atoms with Crippen molar-refractivity contribution in [3.05, 3.63) is 59.0 Å². The lowest BCUT2D eigenvalue weighted by molar-refractivity contribution is -0.0440. The summed E-state index contributed by atoms with van der Waals surface area (Å²) in [4.78, 5) is 12.8. The van der Waals surface area contributed by atoms with E-state index in [-0.39, 0.29) is 22.2 Å². The van der Waals surface area contributed by atoms with Crippen LogP contribution in [0.4, 0.5) is 0 Å². The lowest BCUT2D eigenvalue weighted by atomic mass is 10.1. The van der Waals surface area contributed by atoms with Gasteiger partial charge in [0, 0.05) is 23.5 Å². The van der Waals surface area contributed by atoms with E-state index in [1.807, 2.05) is 19.9 Å². The Labute approximate surface area is 158 Å². The largest absolute Gasteiger partial charge is 0.373 e. The normalized spacial score (nSPS) is 21.9. The monoisotopic (exact) mass is 391 g/mol.